The van der Waals surface area contributed by atoms with Crippen LogP contribution in [-0.4, -0.2) is 31.6 Å². The lowest BCUT2D eigenvalue weighted by Gasteiger charge is -2.09. The number of rotatable bonds is 9. The Balaban J connectivity index is 1.97. The van der Waals surface area contributed by atoms with Crippen LogP contribution in [0.2, 0.25) is 0 Å². The number of carbonyl (C=O) groups excluding carboxylic acids is 1. The number of benzene rings is 1. The van der Waals surface area contributed by atoms with E-state index in [-0.39, 0.29) is 5.91 Å². The third kappa shape index (κ3) is 8.21. The van der Waals surface area contributed by atoms with Crippen LogP contribution in [-0.2, 0) is 4.79 Å². The SMILES string of the molecule is CC(C)NCCC(=O)NCCCOc1ccccc1. The fourth-order valence-corrected chi connectivity index (χ4v) is 1.57. The van der Waals surface area contributed by atoms with Gasteiger partial charge in [-0.25, -0.2) is 0 Å². The third-order valence-corrected chi connectivity index (χ3v) is 2.56. The molecule has 106 valence electrons. The Morgan fingerprint density at radius 2 is 1.95 bits per heavy atom. The second-order valence-corrected chi connectivity index (χ2v) is 4.72. The van der Waals surface area contributed by atoms with Gasteiger partial charge in [-0.3, -0.25) is 4.79 Å². The van der Waals surface area contributed by atoms with Crippen LogP contribution in [0.15, 0.2) is 30.3 Å². The maximum atomic E-state index is 11.5. The summed E-state index contributed by atoms with van der Waals surface area (Å²) in [5.41, 5.74) is 0. The van der Waals surface area contributed by atoms with Gasteiger partial charge in [-0.2, -0.15) is 0 Å². The van der Waals surface area contributed by atoms with Gasteiger partial charge in [-0.1, -0.05) is 32.0 Å². The molecule has 0 aliphatic carbocycles. The Morgan fingerprint density at radius 3 is 2.63 bits per heavy atom. The summed E-state index contributed by atoms with van der Waals surface area (Å²) in [6, 6.07) is 10.1. The maximum Gasteiger partial charge on any atom is 0.221 e. The number of ether oxygens (including phenoxy) is 1. The second kappa shape index (κ2) is 9.39. The molecule has 0 aliphatic rings. The van der Waals surface area contributed by atoms with Crippen molar-refractivity contribution in [3.63, 3.8) is 0 Å². The number of para-hydroxylation sites is 1. The van der Waals surface area contributed by atoms with Gasteiger partial charge in [0.25, 0.3) is 0 Å². The zero-order chi connectivity index (χ0) is 13.9. The summed E-state index contributed by atoms with van der Waals surface area (Å²) in [7, 11) is 0. The molecule has 0 saturated heterocycles. The Morgan fingerprint density at radius 1 is 1.21 bits per heavy atom. The molecule has 4 nitrogen and oxygen atoms in total. The third-order valence-electron chi connectivity index (χ3n) is 2.56. The molecule has 1 aromatic rings. The Kier molecular flexibility index (Phi) is 7.66. The lowest BCUT2D eigenvalue weighted by atomic mass is 10.3. The Hall–Kier alpha value is -1.55. The first-order valence-corrected chi connectivity index (χ1v) is 6.86. The van der Waals surface area contributed by atoms with Crippen LogP contribution in [0.25, 0.3) is 0 Å². The molecule has 0 atom stereocenters. The number of hydrogen-bond acceptors (Lipinski definition) is 3. The number of nitrogens with one attached hydrogen (secondary N) is 2. The quantitative estimate of drug-likeness (QED) is 0.670. The molecule has 0 fully saturated rings. The largest absolute Gasteiger partial charge is 0.494 e. The van der Waals surface area contributed by atoms with Crippen molar-refractivity contribution in [2.24, 2.45) is 0 Å². The van der Waals surface area contributed by atoms with E-state index in [1.807, 2.05) is 30.3 Å². The minimum absolute atomic E-state index is 0.0906. The number of carbonyl (C=O) groups is 1. The molecule has 0 aromatic heterocycles. The summed E-state index contributed by atoms with van der Waals surface area (Å²) in [5.74, 6) is 0.961. The van der Waals surface area contributed by atoms with Crippen LogP contribution in [0.4, 0.5) is 0 Å². The van der Waals surface area contributed by atoms with Crippen LogP contribution in [0.5, 0.6) is 5.75 Å². The molecule has 0 saturated carbocycles. The van der Waals surface area contributed by atoms with Crippen molar-refractivity contribution in [2.45, 2.75) is 32.7 Å². The second-order valence-electron chi connectivity index (χ2n) is 4.72. The predicted octanol–water partition coefficient (Wildman–Crippen LogP) is 1.96. The van der Waals surface area contributed by atoms with Crippen LogP contribution in [0.1, 0.15) is 26.7 Å². The van der Waals surface area contributed by atoms with Crippen molar-refractivity contribution in [1.29, 1.82) is 0 Å². The molecule has 19 heavy (non-hydrogen) atoms. The Labute approximate surface area is 115 Å². The van der Waals surface area contributed by atoms with E-state index in [1.54, 1.807) is 0 Å². The summed E-state index contributed by atoms with van der Waals surface area (Å²) < 4.78 is 5.54. The van der Waals surface area contributed by atoms with Gasteiger partial charge < -0.3 is 15.4 Å². The van der Waals surface area contributed by atoms with Crippen LogP contribution >= 0.6 is 0 Å². The van der Waals surface area contributed by atoms with Gasteiger partial charge in [0.2, 0.25) is 5.91 Å². The van der Waals surface area contributed by atoms with Crippen LogP contribution in [0.3, 0.4) is 0 Å². The van der Waals surface area contributed by atoms with Gasteiger partial charge >= 0.3 is 0 Å². The molecule has 0 heterocycles. The molecule has 0 unspecified atom stereocenters. The van der Waals surface area contributed by atoms with E-state index in [4.69, 9.17) is 4.74 Å². The maximum absolute atomic E-state index is 11.5. The van der Waals surface area contributed by atoms with E-state index in [0.717, 1.165) is 18.7 Å². The molecule has 1 aromatic carbocycles. The van der Waals surface area contributed by atoms with E-state index in [9.17, 15) is 4.79 Å². The van der Waals surface area contributed by atoms with Gasteiger partial charge in [0.05, 0.1) is 6.61 Å². The van der Waals surface area contributed by atoms with Gasteiger partial charge in [0.15, 0.2) is 0 Å². The van der Waals surface area contributed by atoms with Gasteiger partial charge in [0, 0.05) is 25.6 Å². The molecular formula is C15H24N2O2. The molecular weight excluding hydrogens is 240 g/mol. The first kappa shape index (κ1) is 15.5. The highest BCUT2D eigenvalue weighted by Crippen LogP contribution is 2.07. The van der Waals surface area contributed by atoms with Crippen molar-refractivity contribution >= 4 is 5.91 Å². The van der Waals surface area contributed by atoms with Crippen molar-refractivity contribution in [2.75, 3.05) is 19.7 Å². The van der Waals surface area contributed by atoms with E-state index < -0.39 is 0 Å². The average molecular weight is 264 g/mol. The molecule has 4 heteroatoms. The fourth-order valence-electron chi connectivity index (χ4n) is 1.57. The first-order chi connectivity index (χ1) is 9.18. The topological polar surface area (TPSA) is 50.4 Å². The minimum Gasteiger partial charge on any atom is -0.494 e. The zero-order valence-electron chi connectivity index (χ0n) is 11.8. The standard InChI is InChI=1S/C15H24N2O2/c1-13(2)16-11-9-15(18)17-10-6-12-19-14-7-4-3-5-8-14/h3-5,7-8,13,16H,6,9-12H2,1-2H3,(H,17,18). The molecule has 0 spiro atoms. The monoisotopic (exact) mass is 264 g/mol. The lowest BCUT2D eigenvalue weighted by molar-refractivity contribution is -0.121. The van der Waals surface area contributed by atoms with E-state index >= 15 is 0 Å². The highest BCUT2D eigenvalue weighted by molar-refractivity contribution is 5.75. The summed E-state index contributed by atoms with van der Waals surface area (Å²) in [6.07, 6.45) is 1.34. The first-order valence-electron chi connectivity index (χ1n) is 6.86. The van der Waals surface area contributed by atoms with E-state index in [1.165, 1.54) is 0 Å². The molecule has 0 bridgehead atoms. The minimum atomic E-state index is 0.0906. The van der Waals surface area contributed by atoms with E-state index in [2.05, 4.69) is 24.5 Å². The summed E-state index contributed by atoms with van der Waals surface area (Å²) >= 11 is 0. The molecule has 1 amide bonds. The summed E-state index contributed by atoms with van der Waals surface area (Å²) in [6.45, 7) is 6.14. The smallest absolute Gasteiger partial charge is 0.221 e. The normalized spacial score (nSPS) is 10.5. The predicted molar refractivity (Wildman–Crippen MR) is 77.3 cm³/mol. The van der Waals surface area contributed by atoms with Crippen molar-refractivity contribution in [3.8, 4) is 5.75 Å². The van der Waals surface area contributed by atoms with Gasteiger partial charge in [-0.15, -0.1) is 0 Å². The molecule has 0 radical (unpaired) electrons. The summed E-state index contributed by atoms with van der Waals surface area (Å²) in [5, 5.41) is 6.10. The van der Waals surface area contributed by atoms with Crippen LogP contribution in [0, 0.1) is 0 Å². The Bertz CT molecular complexity index is 352. The lowest BCUT2D eigenvalue weighted by Crippen LogP contribution is -2.31. The fraction of sp³-hybridized carbons (Fsp3) is 0.533. The highest BCUT2D eigenvalue weighted by atomic mass is 16.5. The molecule has 0 aliphatic heterocycles. The van der Waals surface area contributed by atoms with Crippen molar-refractivity contribution in [3.05, 3.63) is 30.3 Å². The van der Waals surface area contributed by atoms with Crippen molar-refractivity contribution < 1.29 is 9.53 Å². The highest BCUT2D eigenvalue weighted by Gasteiger charge is 2.01. The zero-order valence-corrected chi connectivity index (χ0v) is 11.8. The average Bonchev–Trinajstić information content (AvgIpc) is 2.39. The van der Waals surface area contributed by atoms with Crippen molar-refractivity contribution in [1.82, 2.24) is 10.6 Å². The molecule has 1 rings (SSSR count). The number of amides is 1. The number of hydrogen-bond donors (Lipinski definition) is 2. The van der Waals surface area contributed by atoms with Gasteiger partial charge in [-0.05, 0) is 18.6 Å². The molecule has 2 N–H and O–H groups in total. The summed E-state index contributed by atoms with van der Waals surface area (Å²) in [4.78, 5) is 11.5. The van der Waals surface area contributed by atoms with Crippen LogP contribution < -0.4 is 15.4 Å². The van der Waals surface area contributed by atoms with Gasteiger partial charge in [0.1, 0.15) is 5.75 Å². The van der Waals surface area contributed by atoms with E-state index in [0.29, 0.717) is 25.6 Å².